The monoisotopic (exact) mass is 289 g/mol. The fourth-order valence-corrected chi connectivity index (χ4v) is 2.54. The van der Waals surface area contributed by atoms with Gasteiger partial charge in [-0.2, -0.15) is 0 Å². The van der Waals surface area contributed by atoms with Crippen molar-refractivity contribution in [3.63, 3.8) is 0 Å². The van der Waals surface area contributed by atoms with Crippen molar-refractivity contribution in [1.29, 1.82) is 0 Å². The molecule has 0 amide bonds. The summed E-state index contributed by atoms with van der Waals surface area (Å²) in [4.78, 5) is 13.3. The van der Waals surface area contributed by atoms with Gasteiger partial charge >= 0.3 is 5.97 Å². The Kier molecular flexibility index (Phi) is 5.76. The van der Waals surface area contributed by atoms with Gasteiger partial charge in [0, 0.05) is 18.1 Å². The molecule has 0 spiro atoms. The van der Waals surface area contributed by atoms with Crippen molar-refractivity contribution >= 4 is 34.9 Å². The lowest BCUT2D eigenvalue weighted by molar-refractivity contribution is 0.0697. The van der Waals surface area contributed by atoms with Crippen LogP contribution in [0.4, 0.5) is 5.69 Å². The molecule has 1 rings (SSSR count). The minimum Gasteiger partial charge on any atom is -0.478 e. The molecule has 0 heterocycles. The predicted octanol–water partition coefficient (Wildman–Crippen LogP) is 4.32. The van der Waals surface area contributed by atoms with Gasteiger partial charge in [-0.15, -0.1) is 0 Å². The maximum absolute atomic E-state index is 11.3. The molecular formula is C13H17Cl2NO2. The maximum atomic E-state index is 11.3. The highest BCUT2D eigenvalue weighted by Gasteiger charge is 2.19. The van der Waals surface area contributed by atoms with Gasteiger partial charge in [-0.25, -0.2) is 4.79 Å². The van der Waals surface area contributed by atoms with Crippen molar-refractivity contribution in [2.45, 2.75) is 26.7 Å². The van der Waals surface area contributed by atoms with Gasteiger partial charge in [0.1, 0.15) is 0 Å². The number of carboxylic acid groups (broad SMARTS) is 1. The van der Waals surface area contributed by atoms with Crippen LogP contribution >= 0.6 is 23.2 Å². The maximum Gasteiger partial charge on any atom is 0.337 e. The van der Waals surface area contributed by atoms with Gasteiger partial charge in [-0.1, -0.05) is 37.0 Å². The lowest BCUT2D eigenvalue weighted by Gasteiger charge is -2.26. The number of nitrogens with zero attached hydrogens (tertiary/aromatic N) is 1. The van der Waals surface area contributed by atoms with Crippen LogP contribution < -0.4 is 4.90 Å². The van der Waals surface area contributed by atoms with E-state index in [-0.39, 0.29) is 5.56 Å². The summed E-state index contributed by atoms with van der Waals surface area (Å²) in [6.45, 7) is 5.64. The highest BCUT2D eigenvalue weighted by Crippen LogP contribution is 2.33. The first-order valence-corrected chi connectivity index (χ1v) is 6.74. The quantitative estimate of drug-likeness (QED) is 0.848. The number of carbonyl (C=O) groups is 1. The van der Waals surface area contributed by atoms with E-state index in [1.807, 2.05) is 18.7 Å². The average Bonchev–Trinajstić information content (AvgIpc) is 2.27. The Hall–Kier alpha value is -0.930. The molecule has 0 unspecified atom stereocenters. The standard InChI is InChI=1S/C13H17Cl2NO2/c1-3-5-16(6-4-2)12-10(13(17)18)7-9(14)8-11(12)15/h7-8H,3-6H2,1-2H3,(H,17,18). The molecule has 0 atom stereocenters. The Morgan fingerprint density at radius 1 is 1.22 bits per heavy atom. The van der Waals surface area contributed by atoms with Gasteiger partial charge in [-0.3, -0.25) is 0 Å². The number of halogens is 2. The number of hydrogen-bond donors (Lipinski definition) is 1. The third-order valence-corrected chi connectivity index (χ3v) is 3.07. The zero-order chi connectivity index (χ0) is 13.7. The Balaban J connectivity index is 3.30. The molecule has 0 aliphatic rings. The Morgan fingerprint density at radius 3 is 2.22 bits per heavy atom. The van der Waals surface area contributed by atoms with Crippen LogP contribution in [-0.4, -0.2) is 24.2 Å². The summed E-state index contributed by atoms with van der Waals surface area (Å²) in [6.07, 6.45) is 1.86. The van der Waals surface area contributed by atoms with Crippen molar-refractivity contribution < 1.29 is 9.90 Å². The van der Waals surface area contributed by atoms with Crippen LogP contribution in [0.25, 0.3) is 0 Å². The number of anilines is 1. The number of benzene rings is 1. The molecule has 5 heteroatoms. The topological polar surface area (TPSA) is 40.5 Å². The Morgan fingerprint density at radius 2 is 1.78 bits per heavy atom. The van der Waals surface area contributed by atoms with Gasteiger partial charge in [0.05, 0.1) is 16.3 Å². The first-order valence-electron chi connectivity index (χ1n) is 5.98. The van der Waals surface area contributed by atoms with Crippen molar-refractivity contribution in [2.24, 2.45) is 0 Å². The second kappa shape index (κ2) is 6.86. The van der Waals surface area contributed by atoms with Crippen molar-refractivity contribution in [3.05, 3.63) is 27.7 Å². The molecule has 0 radical (unpaired) electrons. The molecule has 1 N–H and O–H groups in total. The smallest absolute Gasteiger partial charge is 0.337 e. The molecule has 0 aliphatic carbocycles. The molecule has 0 saturated heterocycles. The SMILES string of the molecule is CCCN(CCC)c1c(Cl)cc(Cl)cc1C(=O)O. The lowest BCUT2D eigenvalue weighted by atomic mass is 10.1. The van der Waals surface area contributed by atoms with E-state index in [4.69, 9.17) is 23.2 Å². The molecule has 1 aromatic rings. The van der Waals surface area contributed by atoms with E-state index < -0.39 is 5.97 Å². The van der Waals surface area contributed by atoms with Crippen molar-refractivity contribution in [3.8, 4) is 0 Å². The van der Waals surface area contributed by atoms with E-state index in [1.54, 1.807) is 6.07 Å². The highest BCUT2D eigenvalue weighted by atomic mass is 35.5. The van der Waals surface area contributed by atoms with Crippen molar-refractivity contribution in [2.75, 3.05) is 18.0 Å². The highest BCUT2D eigenvalue weighted by molar-refractivity contribution is 6.37. The van der Waals surface area contributed by atoms with Gasteiger partial charge in [0.15, 0.2) is 0 Å². The summed E-state index contributed by atoms with van der Waals surface area (Å²) < 4.78 is 0. The van der Waals surface area contributed by atoms with Crippen LogP contribution in [0.15, 0.2) is 12.1 Å². The molecule has 100 valence electrons. The van der Waals surface area contributed by atoms with Gasteiger partial charge < -0.3 is 10.0 Å². The van der Waals surface area contributed by atoms with Crippen LogP contribution in [0.1, 0.15) is 37.0 Å². The molecule has 0 aliphatic heterocycles. The van der Waals surface area contributed by atoms with Gasteiger partial charge in [0.25, 0.3) is 0 Å². The summed E-state index contributed by atoms with van der Waals surface area (Å²) in [5, 5.41) is 9.99. The van der Waals surface area contributed by atoms with E-state index in [0.717, 1.165) is 25.9 Å². The number of aromatic carboxylic acids is 1. The minimum absolute atomic E-state index is 0.161. The zero-order valence-corrected chi connectivity index (χ0v) is 12.1. The fourth-order valence-electron chi connectivity index (χ4n) is 1.93. The van der Waals surface area contributed by atoms with Crippen molar-refractivity contribution in [1.82, 2.24) is 0 Å². The number of hydrogen-bond acceptors (Lipinski definition) is 2. The third-order valence-electron chi connectivity index (χ3n) is 2.56. The largest absolute Gasteiger partial charge is 0.478 e. The molecule has 0 saturated carbocycles. The molecular weight excluding hydrogens is 273 g/mol. The van der Waals surface area contributed by atoms with Crippen LogP contribution in [0, 0.1) is 0 Å². The third kappa shape index (κ3) is 3.53. The molecule has 0 bridgehead atoms. The number of carboxylic acids is 1. The lowest BCUT2D eigenvalue weighted by Crippen LogP contribution is -2.27. The van der Waals surface area contributed by atoms with E-state index in [2.05, 4.69) is 0 Å². The number of rotatable bonds is 6. The van der Waals surface area contributed by atoms with Crippen LogP contribution in [0.5, 0.6) is 0 Å². The van der Waals surface area contributed by atoms with E-state index in [9.17, 15) is 9.90 Å². The molecule has 18 heavy (non-hydrogen) atoms. The predicted molar refractivity (Wildman–Crippen MR) is 76.2 cm³/mol. The second-order valence-corrected chi connectivity index (χ2v) is 4.92. The summed E-state index contributed by atoms with van der Waals surface area (Å²) in [5.41, 5.74) is 0.728. The summed E-state index contributed by atoms with van der Waals surface area (Å²) in [5.74, 6) is -1.01. The first-order chi connectivity index (χ1) is 8.51. The first kappa shape index (κ1) is 15.1. The van der Waals surface area contributed by atoms with E-state index >= 15 is 0 Å². The molecule has 0 fully saturated rings. The van der Waals surface area contributed by atoms with Gasteiger partial charge in [0.2, 0.25) is 0 Å². The normalized spacial score (nSPS) is 10.4. The van der Waals surface area contributed by atoms with Gasteiger partial charge in [-0.05, 0) is 25.0 Å². The molecule has 1 aromatic carbocycles. The summed E-state index contributed by atoms with van der Waals surface area (Å²) in [6, 6.07) is 3.03. The fraction of sp³-hybridized carbons (Fsp3) is 0.462. The second-order valence-electron chi connectivity index (χ2n) is 4.08. The zero-order valence-electron chi connectivity index (χ0n) is 10.5. The summed E-state index contributed by atoms with van der Waals surface area (Å²) in [7, 11) is 0. The average molecular weight is 290 g/mol. The van der Waals surface area contributed by atoms with Crippen LogP contribution in [0.2, 0.25) is 10.0 Å². The van der Waals surface area contributed by atoms with Crippen LogP contribution in [0.3, 0.4) is 0 Å². The molecule has 0 aromatic heterocycles. The Labute approximate surface area is 117 Å². The van der Waals surface area contributed by atoms with Crippen LogP contribution in [-0.2, 0) is 0 Å². The molecule has 3 nitrogen and oxygen atoms in total. The Bertz CT molecular complexity index is 429. The van der Waals surface area contributed by atoms with E-state index in [1.165, 1.54) is 6.07 Å². The van der Waals surface area contributed by atoms with E-state index in [0.29, 0.717) is 15.7 Å². The summed E-state index contributed by atoms with van der Waals surface area (Å²) >= 11 is 12.0. The minimum atomic E-state index is -1.01.